The SMILES string of the molecule is CCOC(=O)c1c(N(C)C)sc(C(=O)C2CC2)c1N. The number of carbonyl (C=O) groups excluding carboxylic acids is 2. The Labute approximate surface area is 116 Å². The van der Waals surface area contributed by atoms with Crippen LogP contribution in [0.5, 0.6) is 0 Å². The molecule has 1 fully saturated rings. The van der Waals surface area contributed by atoms with E-state index >= 15 is 0 Å². The van der Waals surface area contributed by atoms with Gasteiger partial charge >= 0.3 is 5.97 Å². The first-order valence-corrected chi connectivity index (χ1v) is 7.09. The molecule has 1 aromatic heterocycles. The average Bonchev–Trinajstić information content (AvgIpc) is 3.12. The van der Waals surface area contributed by atoms with Gasteiger partial charge in [0.15, 0.2) is 5.78 Å². The number of esters is 1. The van der Waals surface area contributed by atoms with Crippen molar-refractivity contribution in [2.45, 2.75) is 19.8 Å². The van der Waals surface area contributed by atoms with E-state index in [4.69, 9.17) is 10.5 Å². The number of nitrogens with zero attached hydrogens (tertiary/aromatic N) is 1. The second-order valence-corrected chi connectivity index (χ2v) is 5.78. The predicted molar refractivity (Wildman–Crippen MR) is 76.1 cm³/mol. The molecule has 2 N–H and O–H groups in total. The minimum atomic E-state index is -0.463. The number of ketones is 1. The van der Waals surface area contributed by atoms with E-state index in [1.54, 1.807) is 11.8 Å². The van der Waals surface area contributed by atoms with Gasteiger partial charge in [0.1, 0.15) is 10.6 Å². The number of hydrogen-bond donors (Lipinski definition) is 1. The highest BCUT2D eigenvalue weighted by atomic mass is 32.1. The molecular formula is C13H18N2O3S. The highest BCUT2D eigenvalue weighted by molar-refractivity contribution is 7.19. The Balaban J connectivity index is 2.44. The third-order valence-corrected chi connectivity index (χ3v) is 4.37. The largest absolute Gasteiger partial charge is 0.462 e. The molecule has 6 heteroatoms. The predicted octanol–water partition coefficient (Wildman–Crippen LogP) is 2.17. The van der Waals surface area contributed by atoms with E-state index < -0.39 is 5.97 Å². The topological polar surface area (TPSA) is 72.6 Å². The number of ether oxygens (including phenoxy) is 1. The third kappa shape index (κ3) is 2.58. The van der Waals surface area contributed by atoms with E-state index in [0.29, 0.717) is 15.4 Å². The summed E-state index contributed by atoms with van der Waals surface area (Å²) in [7, 11) is 3.64. The molecule has 0 aliphatic heterocycles. The summed E-state index contributed by atoms with van der Waals surface area (Å²) in [4.78, 5) is 26.4. The second kappa shape index (κ2) is 5.21. The smallest absolute Gasteiger partial charge is 0.343 e. The third-order valence-electron chi connectivity index (χ3n) is 2.98. The van der Waals surface area contributed by atoms with Crippen molar-refractivity contribution in [3.63, 3.8) is 0 Å². The van der Waals surface area contributed by atoms with Crippen molar-refractivity contribution in [2.24, 2.45) is 5.92 Å². The fourth-order valence-corrected chi connectivity index (χ4v) is 3.01. The second-order valence-electron chi connectivity index (χ2n) is 4.78. The average molecular weight is 282 g/mol. The fraction of sp³-hybridized carbons (Fsp3) is 0.538. The van der Waals surface area contributed by atoms with Crippen LogP contribution in [0.15, 0.2) is 0 Å². The lowest BCUT2D eigenvalue weighted by molar-refractivity contribution is 0.0529. The Hall–Kier alpha value is -1.56. The molecule has 5 nitrogen and oxygen atoms in total. The minimum absolute atomic E-state index is 0.0566. The zero-order valence-corrected chi connectivity index (χ0v) is 12.2. The van der Waals surface area contributed by atoms with Gasteiger partial charge in [0.2, 0.25) is 0 Å². The summed E-state index contributed by atoms with van der Waals surface area (Å²) in [6, 6.07) is 0. The Morgan fingerprint density at radius 2 is 2.05 bits per heavy atom. The van der Waals surface area contributed by atoms with Crippen LogP contribution >= 0.6 is 11.3 Å². The van der Waals surface area contributed by atoms with Crippen LogP contribution in [0.1, 0.15) is 39.8 Å². The van der Waals surface area contributed by atoms with Gasteiger partial charge in [0.05, 0.1) is 17.2 Å². The molecule has 1 saturated carbocycles. The zero-order valence-electron chi connectivity index (χ0n) is 11.4. The molecule has 0 bridgehead atoms. The number of nitrogen functional groups attached to an aromatic ring is 1. The molecule has 0 radical (unpaired) electrons. The van der Waals surface area contributed by atoms with Crippen LogP contribution in [0.3, 0.4) is 0 Å². The van der Waals surface area contributed by atoms with Crippen LogP contribution in [0.4, 0.5) is 10.7 Å². The van der Waals surface area contributed by atoms with Crippen molar-refractivity contribution in [3.05, 3.63) is 10.4 Å². The Bertz CT molecular complexity index is 518. The molecule has 1 aliphatic rings. The van der Waals surface area contributed by atoms with Crippen LogP contribution in [-0.4, -0.2) is 32.5 Å². The number of hydrogen-bond acceptors (Lipinski definition) is 6. The van der Waals surface area contributed by atoms with Gasteiger partial charge in [0, 0.05) is 20.0 Å². The Morgan fingerprint density at radius 1 is 1.42 bits per heavy atom. The number of Topliss-reactive ketones (excluding diaryl/α,β-unsaturated/α-hetero) is 1. The molecule has 104 valence electrons. The van der Waals surface area contributed by atoms with Crippen molar-refractivity contribution in [2.75, 3.05) is 31.3 Å². The van der Waals surface area contributed by atoms with E-state index in [1.165, 1.54) is 11.3 Å². The number of anilines is 2. The maximum atomic E-state index is 12.2. The number of carbonyl (C=O) groups is 2. The van der Waals surface area contributed by atoms with Crippen molar-refractivity contribution in [1.29, 1.82) is 0 Å². The molecule has 19 heavy (non-hydrogen) atoms. The highest BCUT2D eigenvalue weighted by Gasteiger charge is 2.35. The molecule has 1 aliphatic carbocycles. The Kier molecular flexibility index (Phi) is 3.80. The maximum Gasteiger partial charge on any atom is 0.343 e. The van der Waals surface area contributed by atoms with E-state index in [2.05, 4.69) is 0 Å². The fourth-order valence-electron chi connectivity index (χ4n) is 1.86. The van der Waals surface area contributed by atoms with Gasteiger partial charge in [-0.2, -0.15) is 0 Å². The minimum Gasteiger partial charge on any atom is -0.462 e. The lowest BCUT2D eigenvalue weighted by Gasteiger charge is -2.12. The number of thiophene rings is 1. The first kappa shape index (κ1) is 13.9. The van der Waals surface area contributed by atoms with Crippen molar-refractivity contribution >= 4 is 33.8 Å². The lowest BCUT2D eigenvalue weighted by atomic mass is 10.1. The molecule has 0 atom stereocenters. The Morgan fingerprint density at radius 3 is 2.53 bits per heavy atom. The zero-order chi connectivity index (χ0) is 14.2. The normalized spacial score (nSPS) is 14.3. The molecule has 2 rings (SSSR count). The summed E-state index contributed by atoms with van der Waals surface area (Å²) < 4.78 is 5.02. The molecule has 0 amide bonds. The number of nitrogens with two attached hydrogens (primary N) is 1. The first-order chi connectivity index (χ1) is 8.97. The van der Waals surface area contributed by atoms with Gasteiger partial charge < -0.3 is 15.4 Å². The van der Waals surface area contributed by atoms with Crippen LogP contribution in [0, 0.1) is 5.92 Å². The number of rotatable bonds is 5. The monoisotopic (exact) mass is 282 g/mol. The summed E-state index contributed by atoms with van der Waals surface area (Å²) in [5, 5.41) is 0.681. The van der Waals surface area contributed by atoms with E-state index in [-0.39, 0.29) is 24.0 Å². The van der Waals surface area contributed by atoms with E-state index in [9.17, 15) is 9.59 Å². The molecule has 1 aromatic rings. The standard InChI is InChI=1S/C13H18N2O3S/c1-4-18-13(17)8-9(14)11(10(16)7-5-6-7)19-12(8)15(2)3/h7H,4-6,14H2,1-3H3. The van der Waals surface area contributed by atoms with Crippen molar-refractivity contribution in [3.8, 4) is 0 Å². The summed E-state index contributed by atoms with van der Waals surface area (Å²) in [6.45, 7) is 2.03. The molecular weight excluding hydrogens is 264 g/mol. The van der Waals surface area contributed by atoms with Gasteiger partial charge in [-0.25, -0.2) is 4.79 Å². The summed E-state index contributed by atoms with van der Waals surface area (Å²) in [5.74, 6) is -0.318. The lowest BCUT2D eigenvalue weighted by Crippen LogP contribution is -2.14. The van der Waals surface area contributed by atoms with Crippen LogP contribution < -0.4 is 10.6 Å². The first-order valence-electron chi connectivity index (χ1n) is 6.28. The van der Waals surface area contributed by atoms with Crippen molar-refractivity contribution in [1.82, 2.24) is 0 Å². The van der Waals surface area contributed by atoms with Crippen LogP contribution in [0.2, 0.25) is 0 Å². The molecule has 0 aromatic carbocycles. The van der Waals surface area contributed by atoms with Gasteiger partial charge in [-0.1, -0.05) is 0 Å². The summed E-state index contributed by atoms with van der Waals surface area (Å²) in [6.07, 6.45) is 1.84. The quantitative estimate of drug-likeness (QED) is 0.662. The van der Waals surface area contributed by atoms with Crippen molar-refractivity contribution < 1.29 is 14.3 Å². The highest BCUT2D eigenvalue weighted by Crippen LogP contribution is 2.42. The summed E-state index contributed by atoms with van der Waals surface area (Å²) in [5.41, 5.74) is 6.59. The molecule has 0 saturated heterocycles. The molecule has 1 heterocycles. The van der Waals surface area contributed by atoms with Gasteiger partial charge in [-0.05, 0) is 19.8 Å². The van der Waals surface area contributed by atoms with Crippen LogP contribution in [0.25, 0.3) is 0 Å². The van der Waals surface area contributed by atoms with Crippen LogP contribution in [-0.2, 0) is 4.74 Å². The molecule has 0 unspecified atom stereocenters. The van der Waals surface area contributed by atoms with Gasteiger partial charge in [0.25, 0.3) is 0 Å². The van der Waals surface area contributed by atoms with Gasteiger partial charge in [-0.15, -0.1) is 11.3 Å². The maximum absolute atomic E-state index is 12.2. The van der Waals surface area contributed by atoms with E-state index in [0.717, 1.165) is 12.8 Å². The molecule has 0 spiro atoms. The summed E-state index contributed by atoms with van der Waals surface area (Å²) >= 11 is 1.28. The van der Waals surface area contributed by atoms with Gasteiger partial charge in [-0.3, -0.25) is 4.79 Å². The van der Waals surface area contributed by atoms with E-state index in [1.807, 2.05) is 14.1 Å².